The van der Waals surface area contributed by atoms with Crippen molar-refractivity contribution < 1.29 is 24.5 Å². The van der Waals surface area contributed by atoms with Crippen molar-refractivity contribution in [3.8, 4) is 5.75 Å². The number of hydrogen-bond donors (Lipinski definition) is 4. The van der Waals surface area contributed by atoms with Crippen LogP contribution < -0.4 is 15.8 Å². The normalized spacial score (nSPS) is 30.9. The Bertz CT molecular complexity index is 1490. The van der Waals surface area contributed by atoms with Crippen LogP contribution in [-0.2, 0) is 16.6 Å². The van der Waals surface area contributed by atoms with Gasteiger partial charge in [-0.3, -0.25) is 14.7 Å². The molecule has 2 spiro atoms. The lowest BCUT2D eigenvalue weighted by molar-refractivity contribution is -0.0716. The summed E-state index contributed by atoms with van der Waals surface area (Å²) in [6, 6.07) is 16.8. The zero-order valence-electron chi connectivity index (χ0n) is 23.5. The van der Waals surface area contributed by atoms with Crippen molar-refractivity contribution in [3.63, 3.8) is 0 Å². The maximum absolute atomic E-state index is 13.3. The molecule has 1 aromatic heterocycles. The van der Waals surface area contributed by atoms with Crippen molar-refractivity contribution in [2.24, 2.45) is 11.7 Å². The van der Waals surface area contributed by atoms with Crippen LogP contribution in [0.15, 0.2) is 54.6 Å². The standard InChI is InChI=1S/C32H38N4O5/c1-40-16-22(27(37)28(38)23(33)12-18-6-4-3-5-7-18)25-10-11-31-17-32(31)26(15-36(25)31)35-30(39)21-14-19-13-20(41-2)8-9-24(19)34-29(21)32/h3-9,13-14,22-23,25-28,37-38H,10-12,15-17,33H2,1-2H3,(H,35,39)/t22-,23-,25+,26+,27-,28+,31?,32-/m1/s1. The van der Waals surface area contributed by atoms with Gasteiger partial charge in [-0.25, -0.2) is 0 Å². The molecule has 1 amide bonds. The van der Waals surface area contributed by atoms with Gasteiger partial charge in [0, 0.05) is 42.6 Å². The number of fused-ring (bicyclic) bond motifs is 2. The Labute approximate surface area is 239 Å². The first-order valence-electron chi connectivity index (χ1n) is 14.5. The van der Waals surface area contributed by atoms with E-state index in [0.717, 1.165) is 47.2 Å². The number of pyridine rings is 1. The molecule has 9 heteroatoms. The molecule has 7 rings (SSSR count). The van der Waals surface area contributed by atoms with E-state index in [1.54, 1.807) is 14.2 Å². The Balaban J connectivity index is 1.18. The fourth-order valence-electron chi connectivity index (χ4n) is 8.46. The first kappa shape index (κ1) is 26.8. The number of methoxy groups -OCH3 is 2. The Morgan fingerprint density at radius 1 is 1.15 bits per heavy atom. The van der Waals surface area contributed by atoms with Crippen molar-refractivity contribution in [1.29, 1.82) is 0 Å². The minimum absolute atomic E-state index is 0.0152. The van der Waals surface area contributed by atoms with E-state index in [-0.39, 0.29) is 34.9 Å². The maximum Gasteiger partial charge on any atom is 0.253 e. The Morgan fingerprint density at radius 2 is 1.95 bits per heavy atom. The minimum Gasteiger partial charge on any atom is -0.497 e. The summed E-state index contributed by atoms with van der Waals surface area (Å²) < 4.78 is 11.0. The SMILES string of the molecule is COC[C@@H]([C@@H](O)[C@@H](O)[C@H](N)Cc1ccccc1)[C@@H]1CCC23C[C@@]24c2nc5ccc(OC)cc5cc2C(=O)N[C@H]4CN13. The Kier molecular flexibility index (Phi) is 6.37. The average Bonchev–Trinajstić information content (AvgIpc) is 3.40. The molecule has 2 aromatic carbocycles. The van der Waals surface area contributed by atoms with Crippen molar-refractivity contribution >= 4 is 16.8 Å². The minimum atomic E-state index is -1.10. The van der Waals surface area contributed by atoms with E-state index in [1.807, 2.05) is 54.6 Å². The maximum atomic E-state index is 13.3. The molecule has 3 aromatic rings. The van der Waals surface area contributed by atoms with Gasteiger partial charge in [-0.1, -0.05) is 30.3 Å². The third-order valence-corrected chi connectivity index (χ3v) is 10.4. The molecule has 4 heterocycles. The van der Waals surface area contributed by atoms with Crippen molar-refractivity contribution in [1.82, 2.24) is 15.2 Å². The highest BCUT2D eigenvalue weighted by atomic mass is 16.5. The number of amides is 1. The van der Waals surface area contributed by atoms with E-state index in [2.05, 4.69) is 10.2 Å². The number of aliphatic hydroxyl groups is 2. The number of aromatic nitrogens is 1. The lowest BCUT2D eigenvalue weighted by Crippen LogP contribution is -2.54. The predicted octanol–water partition coefficient (Wildman–Crippen LogP) is 1.77. The summed E-state index contributed by atoms with van der Waals surface area (Å²) >= 11 is 0. The van der Waals surface area contributed by atoms with Gasteiger partial charge in [0.05, 0.1) is 54.2 Å². The highest BCUT2D eigenvalue weighted by Gasteiger charge is 2.83. The summed E-state index contributed by atoms with van der Waals surface area (Å²) in [7, 11) is 3.26. The predicted molar refractivity (Wildman–Crippen MR) is 154 cm³/mol. The fraction of sp³-hybridized carbons (Fsp3) is 0.500. The molecule has 8 atom stereocenters. The van der Waals surface area contributed by atoms with Crippen LogP contribution in [0.25, 0.3) is 10.9 Å². The van der Waals surface area contributed by atoms with Crippen molar-refractivity contribution in [2.75, 3.05) is 27.4 Å². The quantitative estimate of drug-likeness (QED) is 0.313. The second-order valence-corrected chi connectivity index (χ2v) is 12.4. The number of nitrogens with one attached hydrogen (secondary N) is 1. The van der Waals surface area contributed by atoms with E-state index >= 15 is 0 Å². The molecule has 1 aliphatic carbocycles. The number of rotatable bonds is 9. The molecule has 2 saturated heterocycles. The van der Waals surface area contributed by atoms with Gasteiger partial charge in [-0.15, -0.1) is 0 Å². The smallest absolute Gasteiger partial charge is 0.253 e. The second kappa shape index (κ2) is 9.74. The molecule has 0 radical (unpaired) electrons. The zero-order valence-corrected chi connectivity index (χ0v) is 23.5. The van der Waals surface area contributed by atoms with Gasteiger partial charge >= 0.3 is 0 Å². The van der Waals surface area contributed by atoms with Crippen LogP contribution in [0, 0.1) is 5.92 Å². The highest BCUT2D eigenvalue weighted by Crippen LogP contribution is 2.73. The molecular formula is C32H38N4O5. The molecule has 9 nitrogen and oxygen atoms in total. The number of ether oxygens (including phenoxy) is 2. The second-order valence-electron chi connectivity index (χ2n) is 12.4. The zero-order chi connectivity index (χ0) is 28.5. The number of carbonyl (C=O) groups is 1. The molecule has 0 bridgehead atoms. The topological polar surface area (TPSA) is 130 Å². The lowest BCUT2D eigenvalue weighted by atomic mass is 9.82. The summed E-state index contributed by atoms with van der Waals surface area (Å²) in [6.07, 6.45) is 1.03. The molecule has 1 unspecified atom stereocenters. The van der Waals surface area contributed by atoms with Gasteiger partial charge in [0.25, 0.3) is 5.91 Å². The van der Waals surface area contributed by atoms with Crippen molar-refractivity contribution in [3.05, 3.63) is 71.4 Å². The molecule has 216 valence electrons. The number of carbonyl (C=O) groups excluding carboxylic acids is 1. The number of piperidine rings is 1. The first-order chi connectivity index (χ1) is 19.8. The van der Waals surface area contributed by atoms with Gasteiger partial charge in [0.15, 0.2) is 0 Å². The van der Waals surface area contributed by atoms with Gasteiger partial charge < -0.3 is 30.7 Å². The van der Waals surface area contributed by atoms with E-state index in [1.165, 1.54) is 0 Å². The highest BCUT2D eigenvalue weighted by molar-refractivity contribution is 6.01. The monoisotopic (exact) mass is 558 g/mol. The third-order valence-electron chi connectivity index (χ3n) is 10.4. The van der Waals surface area contributed by atoms with E-state index in [9.17, 15) is 15.0 Å². The fourth-order valence-corrected chi connectivity index (χ4v) is 8.46. The molecule has 3 aliphatic heterocycles. The van der Waals surface area contributed by atoms with Gasteiger partial charge in [0.1, 0.15) is 5.75 Å². The number of hydrogen-bond acceptors (Lipinski definition) is 8. The summed E-state index contributed by atoms with van der Waals surface area (Å²) in [6.45, 7) is 0.982. The van der Waals surface area contributed by atoms with Crippen molar-refractivity contribution in [2.45, 2.75) is 67.0 Å². The summed E-state index contributed by atoms with van der Waals surface area (Å²) in [5, 5.41) is 26.9. The van der Waals surface area contributed by atoms with Crippen LogP contribution in [-0.4, -0.2) is 89.2 Å². The summed E-state index contributed by atoms with van der Waals surface area (Å²) in [5.41, 5.74) is 9.42. The molecule has 3 fully saturated rings. The van der Waals surface area contributed by atoms with Crippen LogP contribution >= 0.6 is 0 Å². The first-order valence-corrected chi connectivity index (χ1v) is 14.5. The third kappa shape index (κ3) is 3.87. The largest absolute Gasteiger partial charge is 0.497 e. The molecule has 1 saturated carbocycles. The Morgan fingerprint density at radius 3 is 2.71 bits per heavy atom. The van der Waals surface area contributed by atoms with Crippen LogP contribution in [0.1, 0.15) is 40.9 Å². The number of nitrogens with two attached hydrogens (primary N) is 1. The van der Waals surface area contributed by atoms with Crippen LogP contribution in [0.5, 0.6) is 5.75 Å². The van der Waals surface area contributed by atoms with Gasteiger partial charge in [-0.2, -0.15) is 0 Å². The lowest BCUT2D eigenvalue weighted by Gasteiger charge is -2.38. The molecule has 41 heavy (non-hydrogen) atoms. The number of benzene rings is 2. The number of nitrogens with zero attached hydrogens (tertiary/aromatic N) is 2. The van der Waals surface area contributed by atoms with E-state index in [0.29, 0.717) is 25.1 Å². The summed E-state index contributed by atoms with van der Waals surface area (Å²) in [4.78, 5) is 20.9. The van der Waals surface area contributed by atoms with Gasteiger partial charge in [0.2, 0.25) is 0 Å². The van der Waals surface area contributed by atoms with Crippen LogP contribution in [0.3, 0.4) is 0 Å². The average molecular weight is 559 g/mol. The van der Waals surface area contributed by atoms with E-state index < -0.39 is 18.2 Å². The summed E-state index contributed by atoms with van der Waals surface area (Å²) in [5.74, 6) is 0.304. The number of aliphatic hydroxyl groups excluding tert-OH is 2. The molecule has 4 aliphatic rings. The van der Waals surface area contributed by atoms with E-state index in [4.69, 9.17) is 20.2 Å². The van der Waals surface area contributed by atoms with Gasteiger partial charge in [-0.05, 0) is 55.5 Å². The van der Waals surface area contributed by atoms with Crippen LogP contribution in [0.4, 0.5) is 0 Å². The molecular weight excluding hydrogens is 520 g/mol. The molecule has 5 N–H and O–H groups in total. The Hall–Kier alpha value is -3.08. The van der Waals surface area contributed by atoms with Crippen LogP contribution in [0.2, 0.25) is 0 Å².